The zero-order chi connectivity index (χ0) is 14.8. The first kappa shape index (κ1) is 15.6. The minimum absolute atomic E-state index is 0.00154. The van der Waals surface area contributed by atoms with Crippen molar-refractivity contribution in [2.45, 2.75) is 50.0 Å². The number of hydrogen-bond acceptors (Lipinski definition) is 3. The maximum atomic E-state index is 13.9. The third-order valence-electron chi connectivity index (χ3n) is 3.79. The van der Waals surface area contributed by atoms with Crippen LogP contribution >= 0.6 is 10.7 Å². The highest BCUT2D eigenvalue weighted by atomic mass is 35.7. The van der Waals surface area contributed by atoms with Crippen molar-refractivity contribution in [3.63, 3.8) is 0 Å². The van der Waals surface area contributed by atoms with Crippen LogP contribution < -0.4 is 4.74 Å². The number of benzene rings is 1. The van der Waals surface area contributed by atoms with E-state index in [0.29, 0.717) is 5.92 Å². The first-order valence-corrected chi connectivity index (χ1v) is 9.12. The molecule has 0 saturated heterocycles. The molecule has 0 amide bonds. The van der Waals surface area contributed by atoms with Crippen LogP contribution in [0, 0.1) is 11.7 Å². The summed E-state index contributed by atoms with van der Waals surface area (Å²) in [5.74, 6) is 0.0282. The topological polar surface area (TPSA) is 43.4 Å². The number of hydrogen-bond donors (Lipinski definition) is 0. The molecule has 0 aromatic heterocycles. The summed E-state index contributed by atoms with van der Waals surface area (Å²) in [6, 6.07) is 3.50. The second-order valence-corrected chi connectivity index (χ2v) is 7.78. The Bertz CT molecular complexity index is 574. The van der Waals surface area contributed by atoms with Gasteiger partial charge in [-0.1, -0.05) is 19.8 Å². The molecule has 2 rings (SSSR count). The van der Waals surface area contributed by atoms with E-state index in [1.165, 1.54) is 18.6 Å². The van der Waals surface area contributed by atoms with Crippen LogP contribution in [0.25, 0.3) is 0 Å². The smallest absolute Gasteiger partial charge is 0.261 e. The van der Waals surface area contributed by atoms with Crippen LogP contribution in [0.15, 0.2) is 23.1 Å². The van der Waals surface area contributed by atoms with Crippen LogP contribution in [0.1, 0.15) is 39.0 Å². The van der Waals surface area contributed by atoms with Gasteiger partial charge in [-0.25, -0.2) is 12.8 Å². The molecule has 1 saturated carbocycles. The highest BCUT2D eigenvalue weighted by Crippen LogP contribution is 2.31. The molecule has 0 spiro atoms. The Morgan fingerprint density at radius 3 is 2.75 bits per heavy atom. The van der Waals surface area contributed by atoms with Gasteiger partial charge < -0.3 is 4.74 Å². The van der Waals surface area contributed by atoms with Gasteiger partial charge in [-0.05, 0) is 43.4 Å². The van der Waals surface area contributed by atoms with Gasteiger partial charge in [-0.15, -0.1) is 0 Å². The van der Waals surface area contributed by atoms with Crippen molar-refractivity contribution in [1.82, 2.24) is 0 Å². The van der Waals surface area contributed by atoms with Gasteiger partial charge in [-0.3, -0.25) is 0 Å². The van der Waals surface area contributed by atoms with Crippen molar-refractivity contribution in [1.29, 1.82) is 0 Å². The van der Waals surface area contributed by atoms with E-state index in [1.54, 1.807) is 0 Å². The normalized spacial score (nSPS) is 23.6. The fourth-order valence-electron chi connectivity index (χ4n) is 2.63. The van der Waals surface area contributed by atoms with Gasteiger partial charge in [0.05, 0.1) is 11.0 Å². The largest absolute Gasteiger partial charge is 0.487 e. The first-order chi connectivity index (χ1) is 9.40. The molecule has 1 fully saturated rings. The molecule has 6 heteroatoms. The van der Waals surface area contributed by atoms with E-state index >= 15 is 0 Å². The van der Waals surface area contributed by atoms with Crippen molar-refractivity contribution < 1.29 is 17.5 Å². The average molecular weight is 321 g/mol. The van der Waals surface area contributed by atoms with Crippen LogP contribution in [0.2, 0.25) is 0 Å². The predicted molar refractivity (Wildman–Crippen MR) is 76.1 cm³/mol. The first-order valence-electron chi connectivity index (χ1n) is 6.81. The third-order valence-corrected chi connectivity index (χ3v) is 5.14. The Morgan fingerprint density at radius 1 is 1.40 bits per heavy atom. The van der Waals surface area contributed by atoms with E-state index in [0.717, 1.165) is 31.7 Å². The fraction of sp³-hybridized carbons (Fsp3) is 0.571. The van der Waals surface area contributed by atoms with Gasteiger partial charge in [0.2, 0.25) is 0 Å². The molecule has 3 nitrogen and oxygen atoms in total. The lowest BCUT2D eigenvalue weighted by molar-refractivity contribution is 0.117. The van der Waals surface area contributed by atoms with Gasteiger partial charge in [0.15, 0.2) is 11.6 Å². The fourth-order valence-corrected chi connectivity index (χ4v) is 3.39. The molecule has 1 aliphatic rings. The SMILES string of the molecule is CCC1CCCC(Oc2ccc(S(=O)(=O)Cl)cc2F)C1. The minimum Gasteiger partial charge on any atom is -0.487 e. The summed E-state index contributed by atoms with van der Waals surface area (Å²) in [4.78, 5) is -0.251. The van der Waals surface area contributed by atoms with Crippen molar-refractivity contribution in [3.8, 4) is 5.75 Å². The Kier molecular flexibility index (Phi) is 4.91. The molecular formula is C14H18ClFO3S. The molecular weight excluding hydrogens is 303 g/mol. The van der Waals surface area contributed by atoms with Crippen molar-refractivity contribution in [2.75, 3.05) is 0 Å². The molecule has 1 aliphatic carbocycles. The quantitative estimate of drug-likeness (QED) is 0.784. The molecule has 0 aliphatic heterocycles. The summed E-state index contributed by atoms with van der Waals surface area (Å²) in [6.45, 7) is 2.15. The summed E-state index contributed by atoms with van der Waals surface area (Å²) in [7, 11) is 1.27. The van der Waals surface area contributed by atoms with Gasteiger partial charge >= 0.3 is 0 Å². The second kappa shape index (κ2) is 6.31. The summed E-state index contributed by atoms with van der Waals surface area (Å²) >= 11 is 0. The minimum atomic E-state index is -3.91. The van der Waals surface area contributed by atoms with Gasteiger partial charge in [0.25, 0.3) is 9.05 Å². The maximum Gasteiger partial charge on any atom is 0.261 e. The summed E-state index contributed by atoms with van der Waals surface area (Å²) < 4.78 is 41.8. The summed E-state index contributed by atoms with van der Waals surface area (Å²) in [5, 5.41) is 0. The molecule has 1 aromatic carbocycles. The highest BCUT2D eigenvalue weighted by Gasteiger charge is 2.23. The average Bonchev–Trinajstić information content (AvgIpc) is 2.40. The number of rotatable bonds is 4. The lowest BCUT2D eigenvalue weighted by atomic mass is 9.85. The number of ether oxygens (including phenoxy) is 1. The molecule has 1 aromatic rings. The van der Waals surface area contributed by atoms with Crippen LogP contribution in [-0.2, 0) is 9.05 Å². The molecule has 112 valence electrons. The molecule has 0 radical (unpaired) electrons. The van der Waals surface area contributed by atoms with E-state index < -0.39 is 14.9 Å². The Labute approximate surface area is 123 Å². The van der Waals surface area contributed by atoms with Crippen molar-refractivity contribution in [3.05, 3.63) is 24.0 Å². The zero-order valence-electron chi connectivity index (χ0n) is 11.3. The molecule has 2 unspecified atom stereocenters. The van der Waals surface area contributed by atoms with Gasteiger partial charge in [0, 0.05) is 10.7 Å². The van der Waals surface area contributed by atoms with E-state index in [9.17, 15) is 12.8 Å². The molecule has 0 bridgehead atoms. The van der Waals surface area contributed by atoms with Crippen molar-refractivity contribution >= 4 is 19.7 Å². The summed E-state index contributed by atoms with van der Waals surface area (Å²) in [6.07, 6.45) is 5.21. The Morgan fingerprint density at radius 2 is 2.15 bits per heavy atom. The Balaban J connectivity index is 2.10. The Hall–Kier alpha value is -0.810. The molecule has 0 heterocycles. The van der Waals surface area contributed by atoms with Gasteiger partial charge in [0.1, 0.15) is 0 Å². The third kappa shape index (κ3) is 3.85. The number of halogens is 2. The standard InChI is InChI=1S/C14H18ClFO3S/c1-2-10-4-3-5-11(8-10)19-14-7-6-12(9-13(14)16)20(15,17)18/h6-7,9-11H,2-5,8H2,1H3. The van der Waals surface area contributed by atoms with Crippen LogP contribution in [0.4, 0.5) is 4.39 Å². The molecule has 0 N–H and O–H groups in total. The lowest BCUT2D eigenvalue weighted by Crippen LogP contribution is -2.25. The van der Waals surface area contributed by atoms with E-state index in [1.807, 2.05) is 0 Å². The molecule has 2 atom stereocenters. The molecule has 20 heavy (non-hydrogen) atoms. The predicted octanol–water partition coefficient (Wildman–Crippen LogP) is 4.10. The van der Waals surface area contributed by atoms with E-state index in [-0.39, 0.29) is 16.7 Å². The second-order valence-electron chi connectivity index (χ2n) is 5.21. The summed E-state index contributed by atoms with van der Waals surface area (Å²) in [5.41, 5.74) is 0. The van der Waals surface area contributed by atoms with E-state index in [4.69, 9.17) is 15.4 Å². The monoisotopic (exact) mass is 320 g/mol. The van der Waals surface area contributed by atoms with E-state index in [2.05, 4.69) is 6.92 Å². The zero-order valence-corrected chi connectivity index (χ0v) is 12.9. The van der Waals surface area contributed by atoms with Gasteiger partial charge in [-0.2, -0.15) is 0 Å². The van der Waals surface area contributed by atoms with Crippen LogP contribution in [-0.4, -0.2) is 14.5 Å². The lowest BCUT2D eigenvalue weighted by Gasteiger charge is -2.29. The maximum absolute atomic E-state index is 13.9. The van der Waals surface area contributed by atoms with Crippen molar-refractivity contribution in [2.24, 2.45) is 5.92 Å². The highest BCUT2D eigenvalue weighted by molar-refractivity contribution is 8.13. The van der Waals surface area contributed by atoms with Crippen LogP contribution in [0.5, 0.6) is 5.75 Å². The van der Waals surface area contributed by atoms with Crippen LogP contribution in [0.3, 0.4) is 0 Å².